The molecule has 2 rings (SSSR count). The van der Waals surface area contributed by atoms with E-state index >= 15 is 0 Å². The number of aromatic carboxylic acids is 1. The maximum absolute atomic E-state index is 11.2. The fraction of sp³-hybridized carbons (Fsp3) is 0.538. The lowest BCUT2D eigenvalue weighted by Gasteiger charge is -2.13. The quantitative estimate of drug-likeness (QED) is 0.840. The van der Waals surface area contributed by atoms with Crippen LogP contribution in [-0.4, -0.2) is 22.6 Å². The Labute approximate surface area is 101 Å². The average Bonchev–Trinajstić information content (AvgIpc) is 2.78. The van der Waals surface area contributed by atoms with Crippen molar-refractivity contribution in [1.29, 1.82) is 0 Å². The Balaban J connectivity index is 2.09. The number of hydrogen-bond acceptors (Lipinski definition) is 3. The van der Waals surface area contributed by atoms with Gasteiger partial charge in [-0.05, 0) is 37.3 Å². The first-order chi connectivity index (χ1) is 8.18. The van der Waals surface area contributed by atoms with Gasteiger partial charge in [-0.1, -0.05) is 12.8 Å². The Kier molecular flexibility index (Phi) is 3.61. The van der Waals surface area contributed by atoms with Crippen LogP contribution >= 0.6 is 0 Å². The summed E-state index contributed by atoms with van der Waals surface area (Å²) in [5.74, 6) is 0.257. The fourth-order valence-corrected chi connectivity index (χ4v) is 2.42. The number of nitrogens with one attached hydrogen (secondary N) is 1. The lowest BCUT2D eigenvalue weighted by molar-refractivity contribution is 0.0697. The largest absolute Gasteiger partial charge is 0.478 e. The summed E-state index contributed by atoms with van der Waals surface area (Å²) in [5.41, 5.74) is 1.05. The van der Waals surface area contributed by atoms with Gasteiger partial charge in [-0.25, -0.2) is 9.78 Å². The third-order valence-corrected chi connectivity index (χ3v) is 3.41. The van der Waals surface area contributed by atoms with Crippen molar-refractivity contribution in [3.63, 3.8) is 0 Å². The number of aryl methyl sites for hydroxylation is 1. The highest BCUT2D eigenvalue weighted by atomic mass is 16.4. The standard InChI is InChI=1S/C13H18N2O2/c1-9-6-7-14-12(11(9)13(16)17)15-8-10-4-2-3-5-10/h6-7,10H,2-5,8H2,1H3,(H,14,15)(H,16,17). The first-order valence-electron chi connectivity index (χ1n) is 6.11. The Morgan fingerprint density at radius 2 is 2.24 bits per heavy atom. The topological polar surface area (TPSA) is 62.2 Å². The van der Waals surface area contributed by atoms with E-state index in [4.69, 9.17) is 5.11 Å². The van der Waals surface area contributed by atoms with Gasteiger partial charge in [0.05, 0.1) is 0 Å². The summed E-state index contributed by atoms with van der Waals surface area (Å²) in [5, 5.41) is 12.3. The van der Waals surface area contributed by atoms with E-state index in [0.29, 0.717) is 17.3 Å². The van der Waals surface area contributed by atoms with Gasteiger partial charge in [-0.3, -0.25) is 0 Å². The molecule has 1 heterocycles. The van der Waals surface area contributed by atoms with Crippen molar-refractivity contribution in [2.24, 2.45) is 5.92 Å². The first-order valence-corrected chi connectivity index (χ1v) is 6.11. The van der Waals surface area contributed by atoms with Crippen LogP contribution in [0.5, 0.6) is 0 Å². The third-order valence-electron chi connectivity index (χ3n) is 3.41. The molecule has 2 N–H and O–H groups in total. The maximum atomic E-state index is 11.2. The SMILES string of the molecule is Cc1ccnc(NCC2CCCC2)c1C(=O)O. The number of nitrogens with zero attached hydrogens (tertiary/aromatic N) is 1. The number of carboxylic acids is 1. The monoisotopic (exact) mass is 234 g/mol. The molecule has 0 spiro atoms. The molecule has 1 aliphatic carbocycles. The van der Waals surface area contributed by atoms with E-state index in [1.807, 2.05) is 0 Å². The number of carboxylic acid groups (broad SMARTS) is 1. The molecular formula is C13H18N2O2. The van der Waals surface area contributed by atoms with E-state index in [9.17, 15) is 4.79 Å². The molecule has 0 aliphatic heterocycles. The van der Waals surface area contributed by atoms with Gasteiger partial charge in [-0.15, -0.1) is 0 Å². The van der Waals surface area contributed by atoms with Gasteiger partial charge in [0.1, 0.15) is 11.4 Å². The second-order valence-electron chi connectivity index (χ2n) is 4.69. The molecule has 1 saturated carbocycles. The summed E-state index contributed by atoms with van der Waals surface area (Å²) in [6, 6.07) is 1.73. The van der Waals surface area contributed by atoms with Crippen LogP contribution in [0.15, 0.2) is 12.3 Å². The molecule has 0 aromatic carbocycles. The highest BCUT2D eigenvalue weighted by Crippen LogP contribution is 2.25. The van der Waals surface area contributed by atoms with Crippen LogP contribution in [0.25, 0.3) is 0 Å². The molecule has 0 amide bonds. The van der Waals surface area contributed by atoms with Gasteiger partial charge >= 0.3 is 5.97 Å². The van der Waals surface area contributed by atoms with Crippen molar-refractivity contribution in [1.82, 2.24) is 4.98 Å². The van der Waals surface area contributed by atoms with Crippen molar-refractivity contribution in [3.8, 4) is 0 Å². The molecule has 0 radical (unpaired) electrons. The van der Waals surface area contributed by atoms with E-state index in [-0.39, 0.29) is 0 Å². The molecule has 1 fully saturated rings. The van der Waals surface area contributed by atoms with Crippen LogP contribution in [0.3, 0.4) is 0 Å². The first kappa shape index (κ1) is 11.9. The summed E-state index contributed by atoms with van der Waals surface area (Å²) in [6.07, 6.45) is 6.71. The molecule has 17 heavy (non-hydrogen) atoms. The summed E-state index contributed by atoms with van der Waals surface area (Å²) in [4.78, 5) is 15.3. The number of carbonyl (C=O) groups is 1. The molecular weight excluding hydrogens is 216 g/mol. The van der Waals surface area contributed by atoms with Crippen molar-refractivity contribution < 1.29 is 9.90 Å². The molecule has 4 heteroatoms. The molecule has 1 aliphatic rings. The molecule has 92 valence electrons. The van der Waals surface area contributed by atoms with E-state index < -0.39 is 5.97 Å². The van der Waals surface area contributed by atoms with E-state index in [2.05, 4.69) is 10.3 Å². The van der Waals surface area contributed by atoms with Gasteiger partial charge in [0, 0.05) is 12.7 Å². The number of pyridine rings is 1. The Hall–Kier alpha value is -1.58. The molecule has 1 aromatic rings. The van der Waals surface area contributed by atoms with Crippen LogP contribution in [0.2, 0.25) is 0 Å². The second-order valence-corrected chi connectivity index (χ2v) is 4.69. The molecule has 0 unspecified atom stereocenters. The Bertz CT molecular complexity index is 412. The third kappa shape index (κ3) is 2.75. The van der Waals surface area contributed by atoms with Crippen LogP contribution in [0, 0.1) is 12.8 Å². The minimum atomic E-state index is -0.912. The number of rotatable bonds is 4. The minimum absolute atomic E-state index is 0.297. The van der Waals surface area contributed by atoms with Gasteiger partial charge in [0.25, 0.3) is 0 Å². The van der Waals surface area contributed by atoms with E-state index in [1.54, 1.807) is 19.2 Å². The number of anilines is 1. The zero-order chi connectivity index (χ0) is 12.3. The summed E-state index contributed by atoms with van der Waals surface area (Å²) >= 11 is 0. The molecule has 1 aromatic heterocycles. The normalized spacial score (nSPS) is 16.1. The smallest absolute Gasteiger partial charge is 0.339 e. The van der Waals surface area contributed by atoms with Gasteiger partial charge in [0.15, 0.2) is 0 Å². The van der Waals surface area contributed by atoms with Crippen molar-refractivity contribution >= 4 is 11.8 Å². The maximum Gasteiger partial charge on any atom is 0.339 e. The van der Waals surface area contributed by atoms with E-state index in [1.165, 1.54) is 25.7 Å². The zero-order valence-corrected chi connectivity index (χ0v) is 10.1. The van der Waals surface area contributed by atoms with Gasteiger partial charge in [-0.2, -0.15) is 0 Å². The second kappa shape index (κ2) is 5.17. The fourth-order valence-electron chi connectivity index (χ4n) is 2.42. The summed E-state index contributed by atoms with van der Waals surface area (Å²) in [7, 11) is 0. The highest BCUT2D eigenvalue weighted by Gasteiger charge is 2.18. The Morgan fingerprint density at radius 1 is 1.53 bits per heavy atom. The van der Waals surface area contributed by atoms with Gasteiger partial charge < -0.3 is 10.4 Å². The average molecular weight is 234 g/mol. The lowest BCUT2D eigenvalue weighted by Crippen LogP contribution is -2.15. The van der Waals surface area contributed by atoms with Crippen molar-refractivity contribution in [3.05, 3.63) is 23.4 Å². The number of aromatic nitrogens is 1. The van der Waals surface area contributed by atoms with Crippen LogP contribution < -0.4 is 5.32 Å². The predicted molar refractivity (Wildman–Crippen MR) is 66.4 cm³/mol. The number of hydrogen-bond donors (Lipinski definition) is 2. The van der Waals surface area contributed by atoms with Crippen LogP contribution in [-0.2, 0) is 0 Å². The molecule has 0 atom stereocenters. The van der Waals surface area contributed by atoms with Crippen LogP contribution in [0.1, 0.15) is 41.6 Å². The highest BCUT2D eigenvalue weighted by molar-refractivity contribution is 5.94. The van der Waals surface area contributed by atoms with Crippen molar-refractivity contribution in [2.45, 2.75) is 32.6 Å². The lowest BCUT2D eigenvalue weighted by atomic mass is 10.1. The summed E-state index contributed by atoms with van der Waals surface area (Å²) < 4.78 is 0. The minimum Gasteiger partial charge on any atom is -0.478 e. The van der Waals surface area contributed by atoms with E-state index in [0.717, 1.165) is 12.1 Å². The molecule has 0 saturated heterocycles. The van der Waals surface area contributed by atoms with Gasteiger partial charge in [0.2, 0.25) is 0 Å². The molecule has 0 bridgehead atoms. The summed E-state index contributed by atoms with van der Waals surface area (Å²) in [6.45, 7) is 2.63. The van der Waals surface area contributed by atoms with Crippen LogP contribution in [0.4, 0.5) is 5.82 Å². The van der Waals surface area contributed by atoms with Crippen molar-refractivity contribution in [2.75, 3.05) is 11.9 Å². The zero-order valence-electron chi connectivity index (χ0n) is 10.1. The predicted octanol–water partition coefficient (Wildman–Crippen LogP) is 2.69. The molecule has 4 nitrogen and oxygen atoms in total. The Morgan fingerprint density at radius 3 is 2.88 bits per heavy atom.